The molecule has 1 N–H and O–H groups in total. The number of H-pyrrole nitrogens is 1. The second-order valence-electron chi connectivity index (χ2n) is 9.45. The minimum Gasteiger partial charge on any atom is -0.444 e. The maximum absolute atomic E-state index is 13.7. The average Bonchev–Trinajstić information content (AvgIpc) is 3.22. The lowest BCUT2D eigenvalue weighted by molar-refractivity contribution is -0.139. The molecule has 1 aliphatic rings. The van der Waals surface area contributed by atoms with Crippen molar-refractivity contribution < 1.29 is 14.3 Å². The Labute approximate surface area is 184 Å². The van der Waals surface area contributed by atoms with Crippen molar-refractivity contribution in [3.05, 3.63) is 53.6 Å². The first kappa shape index (κ1) is 22.8. The van der Waals surface area contributed by atoms with Crippen molar-refractivity contribution in [1.82, 2.24) is 19.8 Å². The van der Waals surface area contributed by atoms with Gasteiger partial charge in [0.25, 0.3) is 0 Å². The van der Waals surface area contributed by atoms with E-state index in [0.29, 0.717) is 26.1 Å². The van der Waals surface area contributed by atoms with E-state index in [9.17, 15) is 9.59 Å². The molecule has 2 aromatic rings. The van der Waals surface area contributed by atoms with E-state index in [-0.39, 0.29) is 11.8 Å². The first-order chi connectivity index (χ1) is 14.7. The number of benzene rings is 1. The number of aromatic nitrogens is 2. The van der Waals surface area contributed by atoms with Gasteiger partial charge >= 0.3 is 6.09 Å². The highest BCUT2D eigenvalue weighted by atomic mass is 16.6. The molecule has 0 saturated carbocycles. The summed E-state index contributed by atoms with van der Waals surface area (Å²) in [5.41, 5.74) is 2.66. The number of hydrogen-bond donors (Lipinski definition) is 1. The van der Waals surface area contributed by atoms with E-state index < -0.39 is 17.7 Å². The van der Waals surface area contributed by atoms with Gasteiger partial charge in [-0.25, -0.2) is 9.78 Å². The van der Waals surface area contributed by atoms with Crippen LogP contribution < -0.4 is 0 Å². The predicted molar refractivity (Wildman–Crippen MR) is 119 cm³/mol. The number of rotatable bonds is 6. The molecule has 2 amide bonds. The average molecular weight is 427 g/mol. The number of imidazole rings is 1. The van der Waals surface area contributed by atoms with E-state index >= 15 is 0 Å². The van der Waals surface area contributed by atoms with E-state index in [1.165, 1.54) is 11.1 Å². The number of ether oxygens (including phenoxy) is 1. The highest BCUT2D eigenvalue weighted by molar-refractivity contribution is 5.86. The number of carbonyl (C=O) groups excluding carboxylic acids is 2. The maximum atomic E-state index is 13.7. The SMILES string of the molecule is CC(C)C(C(=O)N1CCc2ccccc2C1)N(CCc1c[nH]cn1)C(=O)OC(C)(C)C. The summed E-state index contributed by atoms with van der Waals surface area (Å²) in [5.74, 6) is -0.0891. The molecule has 168 valence electrons. The first-order valence-electron chi connectivity index (χ1n) is 11.0. The first-order valence-corrected chi connectivity index (χ1v) is 11.0. The van der Waals surface area contributed by atoms with E-state index in [4.69, 9.17) is 4.74 Å². The molecule has 1 aromatic carbocycles. The number of nitrogens with one attached hydrogen (secondary N) is 1. The van der Waals surface area contributed by atoms with Crippen LogP contribution in [0.5, 0.6) is 0 Å². The maximum Gasteiger partial charge on any atom is 0.410 e. The summed E-state index contributed by atoms with van der Waals surface area (Å²) in [6.07, 6.45) is 4.33. The summed E-state index contributed by atoms with van der Waals surface area (Å²) in [5, 5.41) is 0. The van der Waals surface area contributed by atoms with E-state index in [1.54, 1.807) is 17.4 Å². The molecule has 0 bridgehead atoms. The van der Waals surface area contributed by atoms with Crippen LogP contribution in [0.4, 0.5) is 4.79 Å². The van der Waals surface area contributed by atoms with Gasteiger partial charge in [-0.05, 0) is 44.2 Å². The molecule has 7 nitrogen and oxygen atoms in total. The summed E-state index contributed by atoms with van der Waals surface area (Å²) in [6.45, 7) is 11.1. The summed E-state index contributed by atoms with van der Waals surface area (Å²) in [6, 6.07) is 7.63. The van der Waals surface area contributed by atoms with Crippen LogP contribution in [0.25, 0.3) is 0 Å². The van der Waals surface area contributed by atoms with Gasteiger partial charge in [0.15, 0.2) is 0 Å². The Bertz CT molecular complexity index is 886. The molecule has 3 rings (SSSR count). The van der Waals surface area contributed by atoms with Gasteiger partial charge in [0.1, 0.15) is 11.6 Å². The number of aromatic amines is 1. The second-order valence-corrected chi connectivity index (χ2v) is 9.45. The third-order valence-electron chi connectivity index (χ3n) is 5.45. The van der Waals surface area contributed by atoms with Crippen LogP contribution in [0.3, 0.4) is 0 Å². The molecule has 1 atom stereocenters. The van der Waals surface area contributed by atoms with Gasteiger partial charge in [0.2, 0.25) is 5.91 Å². The van der Waals surface area contributed by atoms with Gasteiger partial charge in [-0.15, -0.1) is 0 Å². The molecule has 1 unspecified atom stereocenters. The zero-order chi connectivity index (χ0) is 22.6. The Balaban J connectivity index is 1.83. The lowest BCUT2D eigenvalue weighted by Crippen LogP contribution is -2.55. The van der Waals surface area contributed by atoms with Crippen molar-refractivity contribution in [3.8, 4) is 0 Å². The molecular weight excluding hydrogens is 392 g/mol. The Hall–Kier alpha value is -2.83. The third kappa shape index (κ3) is 5.87. The molecule has 0 saturated heterocycles. The highest BCUT2D eigenvalue weighted by Gasteiger charge is 2.38. The standard InChI is InChI=1S/C24H34N4O3/c1-17(2)21(22(29)27-12-10-18-8-6-7-9-19(18)15-27)28(23(30)31-24(3,4)5)13-11-20-14-25-16-26-20/h6-9,14,16-17,21H,10-13,15H2,1-5H3,(H,25,26). The van der Waals surface area contributed by atoms with Gasteiger partial charge < -0.3 is 14.6 Å². The van der Waals surface area contributed by atoms with Crippen molar-refractivity contribution in [2.75, 3.05) is 13.1 Å². The molecule has 0 spiro atoms. The lowest BCUT2D eigenvalue weighted by atomic mass is 9.96. The Kier molecular flexibility index (Phi) is 7.03. The number of fused-ring (bicyclic) bond motifs is 1. The molecule has 0 fully saturated rings. The Morgan fingerprint density at radius 3 is 2.55 bits per heavy atom. The summed E-state index contributed by atoms with van der Waals surface area (Å²) in [7, 11) is 0. The zero-order valence-corrected chi connectivity index (χ0v) is 19.2. The fourth-order valence-electron chi connectivity index (χ4n) is 3.98. The monoisotopic (exact) mass is 426 g/mol. The van der Waals surface area contributed by atoms with Gasteiger partial charge in [-0.2, -0.15) is 0 Å². The largest absolute Gasteiger partial charge is 0.444 e. The van der Waals surface area contributed by atoms with Gasteiger partial charge in [-0.1, -0.05) is 38.1 Å². The molecule has 2 heterocycles. The lowest BCUT2D eigenvalue weighted by Gasteiger charge is -2.39. The van der Waals surface area contributed by atoms with Crippen molar-refractivity contribution in [2.45, 2.75) is 65.6 Å². The molecule has 7 heteroatoms. The summed E-state index contributed by atoms with van der Waals surface area (Å²) < 4.78 is 5.68. The van der Waals surface area contributed by atoms with Gasteiger partial charge in [0, 0.05) is 32.3 Å². The van der Waals surface area contributed by atoms with Crippen molar-refractivity contribution in [1.29, 1.82) is 0 Å². The Morgan fingerprint density at radius 1 is 1.23 bits per heavy atom. The summed E-state index contributed by atoms with van der Waals surface area (Å²) in [4.78, 5) is 37.5. The summed E-state index contributed by atoms with van der Waals surface area (Å²) >= 11 is 0. The van der Waals surface area contributed by atoms with Crippen LogP contribution in [0.2, 0.25) is 0 Å². The molecule has 0 aliphatic carbocycles. The molecular formula is C24H34N4O3. The smallest absolute Gasteiger partial charge is 0.410 e. The van der Waals surface area contributed by atoms with Crippen molar-refractivity contribution in [2.24, 2.45) is 5.92 Å². The zero-order valence-electron chi connectivity index (χ0n) is 19.2. The quantitative estimate of drug-likeness (QED) is 0.762. The van der Waals surface area contributed by atoms with E-state index in [2.05, 4.69) is 22.1 Å². The molecule has 1 aromatic heterocycles. The fraction of sp³-hybridized carbons (Fsp3) is 0.542. The van der Waals surface area contributed by atoms with Crippen LogP contribution >= 0.6 is 0 Å². The van der Waals surface area contributed by atoms with Crippen LogP contribution in [-0.4, -0.2) is 56.5 Å². The van der Waals surface area contributed by atoms with Crippen molar-refractivity contribution >= 4 is 12.0 Å². The number of nitrogens with zero attached hydrogens (tertiary/aromatic N) is 3. The fourth-order valence-corrected chi connectivity index (χ4v) is 3.98. The van der Waals surface area contributed by atoms with Crippen LogP contribution in [0.15, 0.2) is 36.8 Å². The van der Waals surface area contributed by atoms with Crippen molar-refractivity contribution in [3.63, 3.8) is 0 Å². The van der Waals surface area contributed by atoms with Gasteiger partial charge in [-0.3, -0.25) is 9.69 Å². The number of hydrogen-bond acceptors (Lipinski definition) is 4. The Morgan fingerprint density at radius 2 is 1.94 bits per heavy atom. The molecule has 31 heavy (non-hydrogen) atoms. The third-order valence-corrected chi connectivity index (χ3v) is 5.45. The number of carbonyl (C=O) groups is 2. The van der Waals surface area contributed by atoms with E-state index in [0.717, 1.165) is 12.1 Å². The van der Waals surface area contributed by atoms with Crippen LogP contribution in [0.1, 0.15) is 51.4 Å². The predicted octanol–water partition coefficient (Wildman–Crippen LogP) is 3.80. The topological polar surface area (TPSA) is 78.5 Å². The highest BCUT2D eigenvalue weighted by Crippen LogP contribution is 2.24. The number of amides is 2. The molecule has 1 aliphatic heterocycles. The van der Waals surface area contributed by atoms with Crippen LogP contribution in [0, 0.1) is 5.92 Å². The normalized spacial score (nSPS) is 14.8. The van der Waals surface area contributed by atoms with Crippen LogP contribution in [-0.2, 0) is 28.9 Å². The van der Waals surface area contributed by atoms with Gasteiger partial charge in [0.05, 0.1) is 12.0 Å². The minimum atomic E-state index is -0.643. The second kappa shape index (κ2) is 9.54. The van der Waals surface area contributed by atoms with E-state index in [1.807, 2.05) is 51.7 Å². The molecule has 0 radical (unpaired) electrons. The minimum absolute atomic E-state index is 0.0302.